The summed E-state index contributed by atoms with van der Waals surface area (Å²) >= 11 is 0. The van der Waals surface area contributed by atoms with Gasteiger partial charge in [-0.3, -0.25) is 0 Å². The van der Waals surface area contributed by atoms with Crippen molar-refractivity contribution in [2.45, 2.75) is 6.54 Å². The van der Waals surface area contributed by atoms with Crippen LogP contribution in [0.3, 0.4) is 0 Å². The molecule has 5 nitrogen and oxygen atoms in total. The Morgan fingerprint density at radius 1 is 1.43 bits per heavy atom. The summed E-state index contributed by atoms with van der Waals surface area (Å²) in [6.45, 7) is 0.470. The van der Waals surface area contributed by atoms with E-state index in [2.05, 4.69) is 25.9 Å². The molecule has 0 atom stereocenters. The number of aromatic amines is 1. The smallest absolute Gasteiger partial charge is 0.263 e. The monoisotopic (exact) mass is 193 g/mol. The van der Waals surface area contributed by atoms with Gasteiger partial charge in [-0.15, -0.1) is 5.10 Å². The van der Waals surface area contributed by atoms with E-state index in [9.17, 15) is 4.39 Å². The summed E-state index contributed by atoms with van der Waals surface area (Å²) in [5.41, 5.74) is 0.829. The van der Waals surface area contributed by atoms with E-state index in [0.717, 1.165) is 5.56 Å². The van der Waals surface area contributed by atoms with Crippen LogP contribution < -0.4 is 5.32 Å². The fraction of sp³-hybridized carbons (Fsp3) is 0.125. The van der Waals surface area contributed by atoms with Gasteiger partial charge in [-0.25, -0.2) is 4.39 Å². The Bertz CT molecular complexity index is 400. The Morgan fingerprint density at radius 3 is 3.07 bits per heavy atom. The van der Waals surface area contributed by atoms with Crippen LogP contribution in [-0.2, 0) is 6.54 Å². The second-order valence-corrected chi connectivity index (χ2v) is 2.72. The van der Waals surface area contributed by atoms with E-state index in [-0.39, 0.29) is 5.82 Å². The van der Waals surface area contributed by atoms with Gasteiger partial charge in [0.1, 0.15) is 5.82 Å². The van der Waals surface area contributed by atoms with Crippen molar-refractivity contribution in [2.24, 2.45) is 0 Å². The Balaban J connectivity index is 1.98. The highest BCUT2D eigenvalue weighted by Gasteiger charge is 1.97. The van der Waals surface area contributed by atoms with E-state index in [0.29, 0.717) is 12.5 Å². The van der Waals surface area contributed by atoms with Crippen molar-refractivity contribution in [1.29, 1.82) is 0 Å². The SMILES string of the molecule is Fc1cccc(CNc2nn[nH]n2)c1. The van der Waals surface area contributed by atoms with Crippen LogP contribution in [0.4, 0.5) is 10.3 Å². The number of nitrogens with one attached hydrogen (secondary N) is 2. The number of halogens is 1. The molecule has 0 aliphatic carbocycles. The van der Waals surface area contributed by atoms with Gasteiger partial charge in [0.15, 0.2) is 0 Å². The third-order valence-electron chi connectivity index (χ3n) is 1.68. The molecule has 1 aromatic heterocycles. The lowest BCUT2D eigenvalue weighted by atomic mass is 10.2. The van der Waals surface area contributed by atoms with E-state index >= 15 is 0 Å². The molecule has 1 heterocycles. The highest BCUT2D eigenvalue weighted by atomic mass is 19.1. The summed E-state index contributed by atoms with van der Waals surface area (Å²) in [5, 5.41) is 16.0. The summed E-state index contributed by atoms with van der Waals surface area (Å²) in [6, 6.07) is 6.32. The molecule has 0 saturated carbocycles. The molecule has 0 aliphatic rings. The van der Waals surface area contributed by atoms with Gasteiger partial charge in [0.2, 0.25) is 0 Å². The zero-order valence-corrected chi connectivity index (χ0v) is 7.24. The summed E-state index contributed by atoms with van der Waals surface area (Å²) in [6.07, 6.45) is 0. The number of nitrogens with zero attached hydrogens (tertiary/aromatic N) is 3. The minimum absolute atomic E-state index is 0.252. The molecule has 14 heavy (non-hydrogen) atoms. The molecule has 0 amide bonds. The third-order valence-corrected chi connectivity index (χ3v) is 1.68. The lowest BCUT2D eigenvalue weighted by Gasteiger charge is -2.00. The van der Waals surface area contributed by atoms with Crippen LogP contribution >= 0.6 is 0 Å². The molecule has 0 aliphatic heterocycles. The Hall–Kier alpha value is -1.98. The molecule has 6 heteroatoms. The van der Waals surface area contributed by atoms with Gasteiger partial charge in [0.05, 0.1) is 0 Å². The highest BCUT2D eigenvalue weighted by Crippen LogP contribution is 2.04. The number of tetrazole rings is 1. The molecular weight excluding hydrogens is 185 g/mol. The number of rotatable bonds is 3. The van der Waals surface area contributed by atoms with E-state index < -0.39 is 0 Å². The number of aromatic nitrogens is 4. The number of hydrogen-bond donors (Lipinski definition) is 2. The maximum atomic E-state index is 12.8. The minimum Gasteiger partial charge on any atom is -0.348 e. The molecular formula is C8H8FN5. The van der Waals surface area contributed by atoms with Crippen LogP contribution in [0.5, 0.6) is 0 Å². The van der Waals surface area contributed by atoms with Crippen molar-refractivity contribution in [3.63, 3.8) is 0 Å². The topological polar surface area (TPSA) is 66.5 Å². The molecule has 0 saturated heterocycles. The first-order valence-electron chi connectivity index (χ1n) is 4.06. The molecule has 0 radical (unpaired) electrons. The van der Waals surface area contributed by atoms with Gasteiger partial charge in [0.25, 0.3) is 5.95 Å². The number of H-pyrrole nitrogens is 1. The first-order valence-corrected chi connectivity index (χ1v) is 4.06. The second-order valence-electron chi connectivity index (χ2n) is 2.72. The summed E-state index contributed by atoms with van der Waals surface area (Å²) in [4.78, 5) is 0. The maximum Gasteiger partial charge on any atom is 0.263 e. The zero-order valence-electron chi connectivity index (χ0n) is 7.24. The fourth-order valence-corrected chi connectivity index (χ4v) is 1.06. The first kappa shape index (κ1) is 8.61. The van der Waals surface area contributed by atoms with Crippen LogP contribution in [0, 0.1) is 5.82 Å². The molecule has 0 spiro atoms. The average molecular weight is 193 g/mol. The summed E-state index contributed by atoms with van der Waals surface area (Å²) in [5.74, 6) is 0.145. The Labute approximate surface area is 79.3 Å². The van der Waals surface area contributed by atoms with Gasteiger partial charge < -0.3 is 5.32 Å². The normalized spacial score (nSPS) is 10.1. The van der Waals surface area contributed by atoms with Crippen LogP contribution in [0.2, 0.25) is 0 Å². The third kappa shape index (κ3) is 2.03. The van der Waals surface area contributed by atoms with Gasteiger partial charge >= 0.3 is 0 Å². The Morgan fingerprint density at radius 2 is 2.36 bits per heavy atom. The fourth-order valence-electron chi connectivity index (χ4n) is 1.06. The van der Waals surface area contributed by atoms with Crippen molar-refractivity contribution in [2.75, 3.05) is 5.32 Å². The lowest BCUT2D eigenvalue weighted by molar-refractivity contribution is 0.626. The molecule has 2 rings (SSSR count). The van der Waals surface area contributed by atoms with Crippen molar-refractivity contribution in [1.82, 2.24) is 20.6 Å². The van der Waals surface area contributed by atoms with Crippen molar-refractivity contribution < 1.29 is 4.39 Å². The van der Waals surface area contributed by atoms with Gasteiger partial charge in [-0.1, -0.05) is 17.2 Å². The number of anilines is 1. The van der Waals surface area contributed by atoms with Crippen molar-refractivity contribution in [3.8, 4) is 0 Å². The average Bonchev–Trinajstić information content (AvgIpc) is 2.67. The van der Waals surface area contributed by atoms with E-state index in [1.54, 1.807) is 6.07 Å². The van der Waals surface area contributed by atoms with Gasteiger partial charge in [0, 0.05) is 6.54 Å². The van der Waals surface area contributed by atoms with E-state index in [1.807, 2.05) is 6.07 Å². The largest absolute Gasteiger partial charge is 0.348 e. The standard InChI is InChI=1S/C8H8FN5/c9-7-3-1-2-6(4-7)5-10-8-11-13-14-12-8/h1-4H,5H2,(H2,10,11,12,13,14). The maximum absolute atomic E-state index is 12.8. The number of hydrogen-bond acceptors (Lipinski definition) is 4. The minimum atomic E-state index is -0.252. The van der Waals surface area contributed by atoms with Crippen LogP contribution in [-0.4, -0.2) is 20.6 Å². The van der Waals surface area contributed by atoms with Gasteiger partial charge in [-0.2, -0.15) is 5.21 Å². The number of benzene rings is 1. The summed E-state index contributed by atoms with van der Waals surface area (Å²) in [7, 11) is 0. The highest BCUT2D eigenvalue weighted by molar-refractivity contribution is 5.24. The summed E-state index contributed by atoms with van der Waals surface area (Å²) < 4.78 is 12.8. The molecule has 0 bridgehead atoms. The molecule has 0 unspecified atom stereocenters. The zero-order chi connectivity index (χ0) is 9.80. The quantitative estimate of drug-likeness (QED) is 0.761. The Kier molecular flexibility index (Phi) is 2.35. The van der Waals surface area contributed by atoms with Crippen molar-refractivity contribution in [3.05, 3.63) is 35.6 Å². The second kappa shape index (κ2) is 3.82. The van der Waals surface area contributed by atoms with Gasteiger partial charge in [-0.05, 0) is 22.9 Å². The van der Waals surface area contributed by atoms with Crippen LogP contribution in [0.1, 0.15) is 5.56 Å². The molecule has 0 fully saturated rings. The molecule has 2 N–H and O–H groups in total. The van der Waals surface area contributed by atoms with Crippen LogP contribution in [0.25, 0.3) is 0 Å². The van der Waals surface area contributed by atoms with E-state index in [4.69, 9.17) is 0 Å². The van der Waals surface area contributed by atoms with Crippen molar-refractivity contribution >= 4 is 5.95 Å². The predicted octanol–water partition coefficient (Wildman–Crippen LogP) is 0.951. The molecule has 1 aromatic carbocycles. The lowest BCUT2D eigenvalue weighted by Crippen LogP contribution is -2.01. The predicted molar refractivity (Wildman–Crippen MR) is 47.9 cm³/mol. The van der Waals surface area contributed by atoms with E-state index in [1.165, 1.54) is 12.1 Å². The molecule has 2 aromatic rings. The first-order chi connectivity index (χ1) is 6.84. The molecule has 72 valence electrons. The van der Waals surface area contributed by atoms with Crippen LogP contribution in [0.15, 0.2) is 24.3 Å².